The Morgan fingerprint density at radius 1 is 1.26 bits per heavy atom. The fourth-order valence-corrected chi connectivity index (χ4v) is 4.37. The number of ether oxygens (including phenoxy) is 4. The fourth-order valence-electron chi connectivity index (χ4n) is 4.37. The maximum atomic E-state index is 12.2. The average Bonchev–Trinajstić information content (AvgIpc) is 3.21. The van der Waals surface area contributed by atoms with Crippen LogP contribution in [0.25, 0.3) is 10.8 Å². The van der Waals surface area contributed by atoms with E-state index in [1.807, 2.05) is 13.8 Å². The van der Waals surface area contributed by atoms with Crippen LogP contribution in [-0.4, -0.2) is 55.6 Å². The highest BCUT2D eigenvalue weighted by molar-refractivity contribution is 6.03. The number of benzene rings is 1. The molecule has 3 N–H and O–H groups in total. The molecule has 0 bridgehead atoms. The molecule has 2 amide bonds. The van der Waals surface area contributed by atoms with Gasteiger partial charge in [0.1, 0.15) is 12.4 Å². The van der Waals surface area contributed by atoms with Crippen molar-refractivity contribution in [3.05, 3.63) is 29.5 Å². The number of carbonyl (C=O) groups is 2. The second kappa shape index (κ2) is 10.1. The van der Waals surface area contributed by atoms with Gasteiger partial charge in [-0.1, -0.05) is 11.8 Å². The highest BCUT2D eigenvalue weighted by Gasteiger charge is 2.44. The van der Waals surface area contributed by atoms with Gasteiger partial charge >= 0.3 is 0 Å². The van der Waals surface area contributed by atoms with E-state index in [2.05, 4.69) is 22.1 Å². The van der Waals surface area contributed by atoms with Crippen LogP contribution in [0.4, 0.5) is 0 Å². The number of hydrogen-bond acceptors (Lipinski definition) is 7. The minimum Gasteiger partial charge on any atom is -0.490 e. The lowest BCUT2D eigenvalue weighted by Crippen LogP contribution is -2.46. The van der Waals surface area contributed by atoms with Gasteiger partial charge in [0.15, 0.2) is 5.79 Å². The molecule has 35 heavy (non-hydrogen) atoms. The molecule has 1 saturated carbocycles. The van der Waals surface area contributed by atoms with Crippen molar-refractivity contribution in [1.29, 1.82) is 0 Å². The molecule has 1 saturated heterocycles. The number of nitrogens with one attached hydrogen (secondary N) is 1. The molecule has 9 heteroatoms. The van der Waals surface area contributed by atoms with E-state index >= 15 is 0 Å². The van der Waals surface area contributed by atoms with Crippen molar-refractivity contribution in [1.82, 2.24) is 10.3 Å². The average molecular weight is 482 g/mol. The molecule has 186 valence electrons. The van der Waals surface area contributed by atoms with E-state index in [0.29, 0.717) is 53.6 Å². The molecule has 0 unspecified atom stereocenters. The monoisotopic (exact) mass is 481 g/mol. The van der Waals surface area contributed by atoms with E-state index in [4.69, 9.17) is 24.7 Å². The first-order chi connectivity index (χ1) is 16.7. The molecule has 4 rings (SSSR count). The Balaban J connectivity index is 1.70. The number of methoxy groups -OCH3 is 2. The minimum absolute atomic E-state index is 0.0164. The van der Waals surface area contributed by atoms with Crippen LogP contribution in [-0.2, 0) is 14.3 Å². The van der Waals surface area contributed by atoms with Gasteiger partial charge in [-0.15, -0.1) is 0 Å². The van der Waals surface area contributed by atoms with Crippen molar-refractivity contribution in [2.45, 2.75) is 57.5 Å². The predicted molar refractivity (Wildman–Crippen MR) is 129 cm³/mol. The van der Waals surface area contributed by atoms with Crippen LogP contribution in [0.15, 0.2) is 18.3 Å². The quantitative estimate of drug-likeness (QED) is 0.439. The molecule has 9 nitrogen and oxygen atoms in total. The van der Waals surface area contributed by atoms with Crippen LogP contribution in [0, 0.1) is 17.8 Å². The largest absolute Gasteiger partial charge is 0.490 e. The molecule has 1 aliphatic heterocycles. The summed E-state index contributed by atoms with van der Waals surface area (Å²) in [6, 6.07) is 3.33. The SMILES string of the molecule is COC1(OC)CC(C#Cc2cnc(OC[C@@H]3CCC(=O)N3)c3cc(OC(C)C)c(C(N)=O)cc23)C1. The smallest absolute Gasteiger partial charge is 0.252 e. The Morgan fingerprint density at radius 3 is 2.60 bits per heavy atom. The summed E-state index contributed by atoms with van der Waals surface area (Å²) >= 11 is 0. The lowest BCUT2D eigenvalue weighted by Gasteiger charge is -2.42. The van der Waals surface area contributed by atoms with Gasteiger partial charge in [-0.25, -0.2) is 4.98 Å². The van der Waals surface area contributed by atoms with Gasteiger partial charge in [0.2, 0.25) is 11.8 Å². The van der Waals surface area contributed by atoms with Gasteiger partial charge in [-0.2, -0.15) is 0 Å². The minimum atomic E-state index is -0.599. The van der Waals surface area contributed by atoms with Gasteiger partial charge in [0, 0.05) is 56.4 Å². The van der Waals surface area contributed by atoms with Crippen molar-refractivity contribution in [2.75, 3.05) is 20.8 Å². The zero-order valence-electron chi connectivity index (χ0n) is 20.5. The lowest BCUT2D eigenvalue weighted by atomic mass is 9.79. The summed E-state index contributed by atoms with van der Waals surface area (Å²) in [7, 11) is 3.25. The maximum Gasteiger partial charge on any atom is 0.252 e. The molecule has 0 radical (unpaired) electrons. The Kier molecular flexibility index (Phi) is 7.15. The normalized spacial score (nSPS) is 19.1. The van der Waals surface area contributed by atoms with Crippen molar-refractivity contribution < 1.29 is 28.5 Å². The zero-order chi connectivity index (χ0) is 25.2. The standard InChI is InChI=1S/C26H31N3O6/c1-15(2)35-22-10-20-19(9-21(22)24(27)31)17(6-5-16-11-26(12-16,32-3)33-4)13-28-25(20)34-14-18-7-8-23(30)29-18/h9-10,13,15-16,18H,7-8,11-12,14H2,1-4H3,(H2,27,31)(H,29,30)/t18-/m0/s1. The van der Waals surface area contributed by atoms with Gasteiger partial charge in [0.05, 0.1) is 23.3 Å². The van der Waals surface area contributed by atoms with Gasteiger partial charge in [-0.05, 0) is 32.4 Å². The Bertz CT molecular complexity index is 1190. The third kappa shape index (κ3) is 5.34. The number of aromatic nitrogens is 1. The predicted octanol–water partition coefficient (Wildman–Crippen LogP) is 2.53. The summed E-state index contributed by atoms with van der Waals surface area (Å²) in [5.74, 6) is 6.15. The molecule has 2 aromatic rings. The molecule has 2 aliphatic rings. The van der Waals surface area contributed by atoms with Crippen molar-refractivity contribution in [3.63, 3.8) is 0 Å². The number of hydrogen-bond donors (Lipinski definition) is 2. The van der Waals surface area contributed by atoms with E-state index in [1.165, 1.54) is 0 Å². The first-order valence-electron chi connectivity index (χ1n) is 11.7. The van der Waals surface area contributed by atoms with Crippen LogP contribution >= 0.6 is 0 Å². The number of nitrogens with two attached hydrogens (primary N) is 1. The number of rotatable bonds is 8. The van der Waals surface area contributed by atoms with Crippen LogP contribution in [0.5, 0.6) is 11.6 Å². The van der Waals surface area contributed by atoms with Crippen LogP contribution in [0.1, 0.15) is 55.5 Å². The van der Waals surface area contributed by atoms with E-state index in [-0.39, 0.29) is 36.1 Å². The fraction of sp³-hybridized carbons (Fsp3) is 0.500. The Morgan fingerprint density at radius 2 is 2.00 bits per heavy atom. The third-order valence-corrected chi connectivity index (χ3v) is 6.36. The summed E-state index contributed by atoms with van der Waals surface area (Å²) in [5, 5.41) is 4.22. The Labute approximate surface area is 204 Å². The van der Waals surface area contributed by atoms with Crippen LogP contribution < -0.4 is 20.5 Å². The zero-order valence-corrected chi connectivity index (χ0v) is 20.5. The third-order valence-electron chi connectivity index (χ3n) is 6.36. The maximum absolute atomic E-state index is 12.2. The summed E-state index contributed by atoms with van der Waals surface area (Å²) in [6.07, 6.45) is 4.00. The van der Waals surface area contributed by atoms with E-state index in [1.54, 1.807) is 32.5 Å². The van der Waals surface area contributed by atoms with Gasteiger partial charge in [-0.3, -0.25) is 9.59 Å². The van der Waals surface area contributed by atoms with Gasteiger partial charge < -0.3 is 30.0 Å². The molecule has 1 atom stereocenters. The number of amides is 2. The van der Waals surface area contributed by atoms with E-state index < -0.39 is 11.7 Å². The van der Waals surface area contributed by atoms with Crippen molar-refractivity contribution in [3.8, 4) is 23.5 Å². The molecule has 2 heterocycles. The molecular weight excluding hydrogens is 450 g/mol. The molecule has 0 spiro atoms. The number of fused-ring (bicyclic) bond motifs is 1. The molecule has 1 aliphatic carbocycles. The highest BCUT2D eigenvalue weighted by atomic mass is 16.7. The van der Waals surface area contributed by atoms with Crippen LogP contribution in [0.2, 0.25) is 0 Å². The number of primary amides is 1. The molecule has 2 fully saturated rings. The number of pyridine rings is 1. The summed E-state index contributed by atoms with van der Waals surface area (Å²) < 4.78 is 22.8. The number of nitrogens with zero attached hydrogens (tertiary/aromatic N) is 1. The van der Waals surface area contributed by atoms with Crippen molar-refractivity contribution >= 4 is 22.6 Å². The number of carbonyl (C=O) groups excluding carboxylic acids is 2. The molecular formula is C26H31N3O6. The Hall–Kier alpha value is -3.35. The summed E-state index contributed by atoms with van der Waals surface area (Å²) in [6.45, 7) is 4.02. The lowest BCUT2D eigenvalue weighted by molar-refractivity contribution is -0.261. The van der Waals surface area contributed by atoms with E-state index in [0.717, 1.165) is 0 Å². The molecule has 1 aromatic carbocycles. The first kappa shape index (κ1) is 24.8. The van der Waals surface area contributed by atoms with Crippen LogP contribution in [0.3, 0.4) is 0 Å². The second-order valence-electron chi connectivity index (χ2n) is 9.21. The molecule has 1 aromatic heterocycles. The van der Waals surface area contributed by atoms with Crippen molar-refractivity contribution in [2.24, 2.45) is 11.7 Å². The van der Waals surface area contributed by atoms with Gasteiger partial charge in [0.25, 0.3) is 5.91 Å². The summed E-state index contributed by atoms with van der Waals surface area (Å²) in [5.41, 5.74) is 6.57. The first-order valence-corrected chi connectivity index (χ1v) is 11.7. The highest BCUT2D eigenvalue weighted by Crippen LogP contribution is 2.41. The topological polar surface area (TPSA) is 122 Å². The second-order valence-corrected chi connectivity index (χ2v) is 9.21. The van der Waals surface area contributed by atoms with E-state index in [9.17, 15) is 9.59 Å². The summed E-state index contributed by atoms with van der Waals surface area (Å²) in [4.78, 5) is 28.3.